The van der Waals surface area contributed by atoms with Crippen LogP contribution < -0.4 is 16.3 Å². The maximum absolute atomic E-state index is 12.5. The number of amides is 2. The number of benzene rings is 1. The maximum atomic E-state index is 12.5. The molecule has 2 N–H and O–H groups in total. The van der Waals surface area contributed by atoms with Crippen LogP contribution in [0.25, 0.3) is 11.0 Å². The van der Waals surface area contributed by atoms with Gasteiger partial charge < -0.3 is 10.6 Å². The van der Waals surface area contributed by atoms with Crippen molar-refractivity contribution in [2.24, 2.45) is 0 Å². The summed E-state index contributed by atoms with van der Waals surface area (Å²) in [6.45, 7) is 2.52. The molecule has 8 nitrogen and oxygen atoms in total. The minimum absolute atomic E-state index is 0.0867. The molecule has 0 spiro atoms. The highest BCUT2D eigenvalue weighted by Gasteiger charge is 2.14. The number of aromatic nitrogens is 3. The molecule has 140 valence electrons. The van der Waals surface area contributed by atoms with E-state index in [-0.39, 0.29) is 37.0 Å². The number of pyridine rings is 1. The fraction of sp³-hybridized carbons (Fsp3) is 0.263. The van der Waals surface area contributed by atoms with Gasteiger partial charge in [0.2, 0.25) is 11.8 Å². The molecule has 27 heavy (non-hydrogen) atoms. The molecule has 0 saturated carbocycles. The van der Waals surface area contributed by atoms with E-state index >= 15 is 0 Å². The van der Waals surface area contributed by atoms with Gasteiger partial charge in [-0.3, -0.25) is 23.7 Å². The Labute approximate surface area is 155 Å². The van der Waals surface area contributed by atoms with Crippen LogP contribution in [0.1, 0.15) is 13.3 Å². The summed E-state index contributed by atoms with van der Waals surface area (Å²) in [5, 5.41) is 5.38. The van der Waals surface area contributed by atoms with E-state index in [1.165, 1.54) is 4.57 Å². The van der Waals surface area contributed by atoms with Crippen LogP contribution in [0.3, 0.4) is 0 Å². The smallest absolute Gasteiger partial charge is 0.329 e. The number of carbonyl (C=O) groups is 2. The Hall–Kier alpha value is -3.42. The average Bonchev–Trinajstić information content (AvgIpc) is 2.94. The first-order valence-corrected chi connectivity index (χ1v) is 8.74. The second-order valence-electron chi connectivity index (χ2n) is 5.99. The monoisotopic (exact) mass is 367 g/mol. The Balaban J connectivity index is 1.57. The van der Waals surface area contributed by atoms with Crippen LogP contribution in [-0.4, -0.2) is 32.5 Å². The van der Waals surface area contributed by atoms with Gasteiger partial charge in [-0.1, -0.05) is 12.1 Å². The number of rotatable bonds is 7. The molecule has 0 unspecified atom stereocenters. The van der Waals surface area contributed by atoms with Gasteiger partial charge in [0.25, 0.3) is 0 Å². The lowest BCUT2D eigenvalue weighted by Crippen LogP contribution is -2.34. The zero-order valence-corrected chi connectivity index (χ0v) is 15.0. The number of nitrogens with one attached hydrogen (secondary N) is 2. The first-order chi connectivity index (χ1) is 13.1. The molecule has 2 heterocycles. The standard InChI is InChI=1S/C19H21N5O3/c1-2-23-15-7-3-4-8-16(15)24(19(23)27)13-18(26)21-11-9-17(25)22-14-6-5-10-20-12-14/h3-8,10,12H,2,9,11,13H2,1H3,(H,21,26)(H,22,25). The Bertz CT molecular complexity index is 1010. The first-order valence-electron chi connectivity index (χ1n) is 8.74. The van der Waals surface area contributed by atoms with Gasteiger partial charge in [-0.25, -0.2) is 4.79 Å². The molecule has 0 atom stereocenters. The third-order valence-electron chi connectivity index (χ3n) is 4.16. The second kappa shape index (κ2) is 8.31. The lowest BCUT2D eigenvalue weighted by atomic mass is 10.3. The van der Waals surface area contributed by atoms with E-state index in [4.69, 9.17) is 0 Å². The lowest BCUT2D eigenvalue weighted by Gasteiger charge is -2.07. The predicted octanol–water partition coefficient (Wildman–Crippen LogP) is 1.36. The number of hydrogen-bond acceptors (Lipinski definition) is 4. The molecular weight excluding hydrogens is 346 g/mol. The van der Waals surface area contributed by atoms with E-state index in [2.05, 4.69) is 15.6 Å². The molecule has 3 aromatic rings. The van der Waals surface area contributed by atoms with Crippen LogP contribution in [0.5, 0.6) is 0 Å². The van der Waals surface area contributed by atoms with Crippen molar-refractivity contribution in [3.05, 3.63) is 59.3 Å². The van der Waals surface area contributed by atoms with Crippen molar-refractivity contribution in [2.45, 2.75) is 26.4 Å². The highest BCUT2D eigenvalue weighted by Crippen LogP contribution is 2.12. The molecule has 2 aromatic heterocycles. The van der Waals surface area contributed by atoms with Crippen molar-refractivity contribution in [2.75, 3.05) is 11.9 Å². The Morgan fingerprint density at radius 2 is 1.78 bits per heavy atom. The summed E-state index contributed by atoms with van der Waals surface area (Å²) in [7, 11) is 0. The molecule has 3 rings (SSSR count). The van der Waals surface area contributed by atoms with Crippen molar-refractivity contribution in [1.82, 2.24) is 19.4 Å². The zero-order chi connectivity index (χ0) is 19.2. The molecule has 0 saturated heterocycles. The lowest BCUT2D eigenvalue weighted by molar-refractivity contribution is -0.121. The second-order valence-corrected chi connectivity index (χ2v) is 5.99. The summed E-state index contributed by atoms with van der Waals surface area (Å²) in [5.41, 5.74) is 1.90. The number of anilines is 1. The molecule has 2 amide bonds. The van der Waals surface area contributed by atoms with E-state index < -0.39 is 0 Å². The van der Waals surface area contributed by atoms with Gasteiger partial charge in [-0.2, -0.15) is 0 Å². The number of aryl methyl sites for hydroxylation is 1. The normalized spacial score (nSPS) is 10.7. The molecule has 0 aliphatic rings. The number of fused-ring (bicyclic) bond motifs is 1. The van der Waals surface area contributed by atoms with Crippen molar-refractivity contribution in [3.8, 4) is 0 Å². The summed E-state index contributed by atoms with van der Waals surface area (Å²) >= 11 is 0. The van der Waals surface area contributed by atoms with E-state index in [9.17, 15) is 14.4 Å². The van der Waals surface area contributed by atoms with Crippen molar-refractivity contribution < 1.29 is 9.59 Å². The third kappa shape index (κ3) is 4.22. The number of carbonyl (C=O) groups excluding carboxylic acids is 2. The molecule has 0 radical (unpaired) electrons. The number of hydrogen-bond donors (Lipinski definition) is 2. The molecule has 8 heteroatoms. The number of imidazole rings is 1. The van der Waals surface area contributed by atoms with E-state index in [1.807, 2.05) is 31.2 Å². The molecule has 0 fully saturated rings. The van der Waals surface area contributed by atoms with Gasteiger partial charge in [0.05, 0.1) is 22.9 Å². The Morgan fingerprint density at radius 1 is 1.04 bits per heavy atom. The highest BCUT2D eigenvalue weighted by atomic mass is 16.2. The molecule has 0 aliphatic carbocycles. The number of nitrogens with zero attached hydrogens (tertiary/aromatic N) is 3. The van der Waals surface area contributed by atoms with Gasteiger partial charge in [0.15, 0.2) is 0 Å². The predicted molar refractivity (Wildman–Crippen MR) is 102 cm³/mol. The summed E-state index contributed by atoms with van der Waals surface area (Å²) in [4.78, 5) is 40.5. The average molecular weight is 367 g/mol. The summed E-state index contributed by atoms with van der Waals surface area (Å²) in [6.07, 6.45) is 3.30. The summed E-state index contributed by atoms with van der Waals surface area (Å²) in [5.74, 6) is -0.534. The highest BCUT2D eigenvalue weighted by molar-refractivity contribution is 5.91. The summed E-state index contributed by atoms with van der Waals surface area (Å²) < 4.78 is 3.08. The maximum Gasteiger partial charge on any atom is 0.329 e. The van der Waals surface area contributed by atoms with E-state index in [0.29, 0.717) is 17.7 Å². The van der Waals surface area contributed by atoms with E-state index in [1.54, 1.807) is 29.1 Å². The van der Waals surface area contributed by atoms with Crippen LogP contribution in [0, 0.1) is 0 Å². The van der Waals surface area contributed by atoms with Gasteiger partial charge in [-0.15, -0.1) is 0 Å². The first kappa shape index (κ1) is 18.4. The van der Waals surface area contributed by atoms with Gasteiger partial charge in [0.1, 0.15) is 6.54 Å². The minimum atomic E-state index is -0.315. The van der Waals surface area contributed by atoms with E-state index in [0.717, 1.165) is 5.52 Å². The summed E-state index contributed by atoms with van der Waals surface area (Å²) in [6, 6.07) is 10.8. The van der Waals surface area contributed by atoms with Crippen LogP contribution >= 0.6 is 0 Å². The van der Waals surface area contributed by atoms with Crippen LogP contribution in [0.4, 0.5) is 5.69 Å². The number of para-hydroxylation sites is 2. The Kier molecular flexibility index (Phi) is 5.65. The molecule has 1 aromatic carbocycles. The van der Waals surface area contributed by atoms with Crippen molar-refractivity contribution in [3.63, 3.8) is 0 Å². The van der Waals surface area contributed by atoms with Crippen LogP contribution in [0.2, 0.25) is 0 Å². The third-order valence-corrected chi connectivity index (χ3v) is 4.16. The fourth-order valence-electron chi connectivity index (χ4n) is 2.91. The quantitative estimate of drug-likeness (QED) is 0.659. The van der Waals surface area contributed by atoms with Crippen LogP contribution in [-0.2, 0) is 22.7 Å². The SMILES string of the molecule is CCn1c(=O)n(CC(=O)NCCC(=O)Nc2cccnc2)c2ccccc21. The van der Waals surface area contributed by atoms with Gasteiger partial charge in [-0.05, 0) is 31.2 Å². The van der Waals surface area contributed by atoms with Gasteiger partial charge >= 0.3 is 5.69 Å². The molecule has 0 bridgehead atoms. The van der Waals surface area contributed by atoms with Crippen molar-refractivity contribution in [1.29, 1.82) is 0 Å². The molecule has 0 aliphatic heterocycles. The van der Waals surface area contributed by atoms with Gasteiger partial charge in [0, 0.05) is 25.7 Å². The Morgan fingerprint density at radius 3 is 2.44 bits per heavy atom. The van der Waals surface area contributed by atoms with Crippen molar-refractivity contribution >= 4 is 28.5 Å². The zero-order valence-electron chi connectivity index (χ0n) is 15.0. The largest absolute Gasteiger partial charge is 0.354 e. The molecular formula is C19H21N5O3. The fourth-order valence-corrected chi connectivity index (χ4v) is 2.91. The van der Waals surface area contributed by atoms with Crippen LogP contribution in [0.15, 0.2) is 53.6 Å². The topological polar surface area (TPSA) is 98.0 Å². The minimum Gasteiger partial charge on any atom is -0.354 e.